The lowest BCUT2D eigenvalue weighted by Gasteiger charge is -2.11. The van der Waals surface area contributed by atoms with E-state index in [0.29, 0.717) is 5.82 Å². The van der Waals surface area contributed by atoms with E-state index in [2.05, 4.69) is 10.3 Å². The Hall–Kier alpha value is -2.20. The van der Waals surface area contributed by atoms with Crippen molar-refractivity contribution in [1.29, 1.82) is 0 Å². The van der Waals surface area contributed by atoms with E-state index in [1.54, 1.807) is 6.07 Å². The first-order valence-electron chi connectivity index (χ1n) is 7.00. The highest BCUT2D eigenvalue weighted by atomic mass is 16.3. The number of carbonyl (C=O) groups is 1. The fraction of sp³-hybridized carbons (Fsp3) is 0.294. The highest BCUT2D eigenvalue weighted by Crippen LogP contribution is 2.24. The standard InChI is InChI=1S/C17H20N2O2/c1-11(2)17(21)19-16-8-7-15(12(3)18-16)14-6-4-5-13(9-14)10-20/h4-9,11,20H,10H2,1-3H3,(H,18,19,21). The number of hydrogen-bond donors (Lipinski definition) is 2. The van der Waals surface area contributed by atoms with E-state index < -0.39 is 0 Å². The molecule has 0 bridgehead atoms. The lowest BCUT2D eigenvalue weighted by atomic mass is 10.0. The zero-order chi connectivity index (χ0) is 15.4. The molecule has 4 heteroatoms. The number of benzene rings is 1. The maximum atomic E-state index is 11.7. The van der Waals surface area contributed by atoms with Gasteiger partial charge in [0.2, 0.25) is 5.91 Å². The molecule has 0 unspecified atom stereocenters. The van der Waals surface area contributed by atoms with Gasteiger partial charge in [0.1, 0.15) is 5.82 Å². The van der Waals surface area contributed by atoms with Gasteiger partial charge in [-0.25, -0.2) is 4.98 Å². The number of aryl methyl sites for hydroxylation is 1. The Morgan fingerprint density at radius 2 is 2.05 bits per heavy atom. The van der Waals surface area contributed by atoms with Crippen LogP contribution in [0.25, 0.3) is 11.1 Å². The number of pyridine rings is 1. The summed E-state index contributed by atoms with van der Waals surface area (Å²) in [6.07, 6.45) is 0. The predicted octanol–water partition coefficient (Wildman–Crippen LogP) is 3.14. The molecule has 1 heterocycles. The fourth-order valence-electron chi connectivity index (χ4n) is 2.04. The van der Waals surface area contributed by atoms with Gasteiger partial charge in [-0.15, -0.1) is 0 Å². The number of carbonyl (C=O) groups excluding carboxylic acids is 1. The minimum absolute atomic E-state index is 0.0167. The summed E-state index contributed by atoms with van der Waals surface area (Å²) in [5.41, 5.74) is 3.71. The van der Waals surface area contributed by atoms with Crippen LogP contribution in [0.2, 0.25) is 0 Å². The summed E-state index contributed by atoms with van der Waals surface area (Å²) in [7, 11) is 0. The lowest BCUT2D eigenvalue weighted by Crippen LogP contribution is -2.18. The second-order valence-electron chi connectivity index (χ2n) is 5.33. The van der Waals surface area contributed by atoms with E-state index in [1.807, 2.05) is 51.1 Å². The van der Waals surface area contributed by atoms with Crippen LogP contribution in [0, 0.1) is 12.8 Å². The maximum Gasteiger partial charge on any atom is 0.228 e. The molecule has 0 fully saturated rings. The van der Waals surface area contributed by atoms with Gasteiger partial charge >= 0.3 is 0 Å². The molecule has 0 spiro atoms. The second kappa shape index (κ2) is 6.50. The van der Waals surface area contributed by atoms with Crippen molar-refractivity contribution in [3.05, 3.63) is 47.7 Å². The average molecular weight is 284 g/mol. The molecule has 0 aliphatic rings. The number of nitrogens with zero attached hydrogens (tertiary/aromatic N) is 1. The van der Waals surface area contributed by atoms with Crippen molar-refractivity contribution in [1.82, 2.24) is 4.98 Å². The molecular formula is C17H20N2O2. The molecular weight excluding hydrogens is 264 g/mol. The maximum absolute atomic E-state index is 11.7. The van der Waals surface area contributed by atoms with Crippen molar-refractivity contribution in [2.45, 2.75) is 27.4 Å². The summed E-state index contributed by atoms with van der Waals surface area (Å²) >= 11 is 0. The van der Waals surface area contributed by atoms with E-state index >= 15 is 0 Å². The van der Waals surface area contributed by atoms with E-state index in [9.17, 15) is 9.90 Å². The SMILES string of the molecule is Cc1nc(NC(=O)C(C)C)ccc1-c1cccc(CO)c1. The van der Waals surface area contributed by atoms with Gasteiger partial charge in [-0.1, -0.05) is 32.0 Å². The molecule has 2 N–H and O–H groups in total. The number of amides is 1. The van der Waals surface area contributed by atoms with Gasteiger partial charge < -0.3 is 10.4 Å². The number of hydrogen-bond acceptors (Lipinski definition) is 3. The van der Waals surface area contributed by atoms with Crippen LogP contribution in [-0.4, -0.2) is 16.0 Å². The third-order valence-corrected chi connectivity index (χ3v) is 3.28. The molecule has 1 amide bonds. The Balaban J connectivity index is 2.28. The number of aliphatic hydroxyl groups excluding tert-OH is 1. The van der Waals surface area contributed by atoms with Crippen LogP contribution in [0.4, 0.5) is 5.82 Å². The molecule has 21 heavy (non-hydrogen) atoms. The van der Waals surface area contributed by atoms with Gasteiger partial charge in [-0.3, -0.25) is 4.79 Å². The molecule has 2 aromatic rings. The Kier molecular flexibility index (Phi) is 4.70. The Morgan fingerprint density at radius 3 is 2.67 bits per heavy atom. The smallest absolute Gasteiger partial charge is 0.228 e. The Labute approximate surface area is 124 Å². The van der Waals surface area contributed by atoms with Crippen LogP contribution in [0.1, 0.15) is 25.1 Å². The minimum atomic E-state index is -0.0759. The van der Waals surface area contributed by atoms with Gasteiger partial charge in [0.05, 0.1) is 6.61 Å². The van der Waals surface area contributed by atoms with Gasteiger partial charge in [0.15, 0.2) is 0 Å². The normalized spacial score (nSPS) is 10.7. The largest absolute Gasteiger partial charge is 0.392 e. The van der Waals surface area contributed by atoms with Gasteiger partial charge in [0, 0.05) is 17.2 Å². The summed E-state index contributed by atoms with van der Waals surface area (Å²) in [4.78, 5) is 16.1. The third-order valence-electron chi connectivity index (χ3n) is 3.28. The molecule has 0 saturated heterocycles. The molecule has 1 aromatic carbocycles. The van der Waals surface area contributed by atoms with Crippen LogP contribution in [0.5, 0.6) is 0 Å². The molecule has 4 nitrogen and oxygen atoms in total. The fourth-order valence-corrected chi connectivity index (χ4v) is 2.04. The van der Waals surface area contributed by atoms with Gasteiger partial charge in [0.25, 0.3) is 0 Å². The quantitative estimate of drug-likeness (QED) is 0.906. The van der Waals surface area contributed by atoms with Gasteiger partial charge in [-0.05, 0) is 36.2 Å². The molecule has 1 aromatic heterocycles. The van der Waals surface area contributed by atoms with Crippen LogP contribution in [-0.2, 0) is 11.4 Å². The van der Waals surface area contributed by atoms with E-state index in [4.69, 9.17) is 0 Å². The highest BCUT2D eigenvalue weighted by Gasteiger charge is 2.10. The van der Waals surface area contributed by atoms with Crippen molar-refractivity contribution in [3.8, 4) is 11.1 Å². The van der Waals surface area contributed by atoms with Crippen LogP contribution >= 0.6 is 0 Å². The van der Waals surface area contributed by atoms with Crippen LogP contribution < -0.4 is 5.32 Å². The Bertz CT molecular complexity index is 651. The number of nitrogens with one attached hydrogen (secondary N) is 1. The zero-order valence-corrected chi connectivity index (χ0v) is 12.6. The van der Waals surface area contributed by atoms with Crippen molar-refractivity contribution < 1.29 is 9.90 Å². The van der Waals surface area contributed by atoms with E-state index in [0.717, 1.165) is 22.4 Å². The van der Waals surface area contributed by atoms with Crippen molar-refractivity contribution in [2.75, 3.05) is 5.32 Å². The number of aliphatic hydroxyl groups is 1. The third kappa shape index (κ3) is 3.67. The predicted molar refractivity (Wildman–Crippen MR) is 83.8 cm³/mol. The topological polar surface area (TPSA) is 62.2 Å². The molecule has 0 radical (unpaired) electrons. The second-order valence-corrected chi connectivity index (χ2v) is 5.33. The molecule has 2 rings (SSSR count). The Morgan fingerprint density at radius 1 is 1.29 bits per heavy atom. The zero-order valence-electron chi connectivity index (χ0n) is 12.6. The molecule has 0 aliphatic heterocycles. The van der Waals surface area contributed by atoms with E-state index in [-0.39, 0.29) is 18.4 Å². The van der Waals surface area contributed by atoms with Crippen molar-refractivity contribution >= 4 is 11.7 Å². The highest BCUT2D eigenvalue weighted by molar-refractivity contribution is 5.91. The van der Waals surface area contributed by atoms with Crippen LogP contribution in [0.15, 0.2) is 36.4 Å². The monoisotopic (exact) mass is 284 g/mol. The summed E-state index contributed by atoms with van der Waals surface area (Å²) in [6.45, 7) is 5.61. The molecule has 110 valence electrons. The first-order valence-corrected chi connectivity index (χ1v) is 7.00. The summed E-state index contributed by atoms with van der Waals surface area (Å²) < 4.78 is 0. The number of aromatic nitrogens is 1. The summed E-state index contributed by atoms with van der Waals surface area (Å²) in [5, 5.41) is 12.0. The first-order chi connectivity index (χ1) is 10.0. The lowest BCUT2D eigenvalue weighted by molar-refractivity contribution is -0.118. The average Bonchev–Trinajstić information content (AvgIpc) is 2.47. The molecule has 0 saturated carbocycles. The summed E-state index contributed by atoms with van der Waals surface area (Å²) in [5.74, 6) is 0.443. The van der Waals surface area contributed by atoms with Gasteiger partial charge in [-0.2, -0.15) is 0 Å². The minimum Gasteiger partial charge on any atom is -0.392 e. The number of anilines is 1. The van der Waals surface area contributed by atoms with Crippen molar-refractivity contribution in [2.24, 2.45) is 5.92 Å². The number of rotatable bonds is 4. The molecule has 0 atom stereocenters. The van der Waals surface area contributed by atoms with Crippen molar-refractivity contribution in [3.63, 3.8) is 0 Å². The van der Waals surface area contributed by atoms with E-state index in [1.165, 1.54) is 0 Å². The molecule has 0 aliphatic carbocycles. The van der Waals surface area contributed by atoms with Crippen LogP contribution in [0.3, 0.4) is 0 Å². The summed E-state index contributed by atoms with van der Waals surface area (Å²) in [6, 6.07) is 11.5. The first kappa shape index (κ1) is 15.2.